The van der Waals surface area contributed by atoms with Crippen LogP contribution in [-0.4, -0.2) is 4.98 Å². The summed E-state index contributed by atoms with van der Waals surface area (Å²) in [5.41, 5.74) is 17.1. The zero-order valence-corrected chi connectivity index (χ0v) is 36.9. The molecule has 0 spiro atoms. The monoisotopic (exact) mass is 750 g/mol. The van der Waals surface area contributed by atoms with Crippen molar-refractivity contribution in [2.75, 3.05) is 5.32 Å². The molecule has 0 bridgehead atoms. The van der Waals surface area contributed by atoms with Crippen LogP contribution in [0.2, 0.25) is 0 Å². The number of pyridine rings is 1. The summed E-state index contributed by atoms with van der Waals surface area (Å²) in [5.74, 6) is 0.759. The van der Waals surface area contributed by atoms with Crippen molar-refractivity contribution < 1.29 is 0 Å². The SMILES string of the molecule is C=C(C)C(CC)CC.C=C(Cc1c(C)cc(CC)cc1C#N)c1cccc(-c2cccc(NC(=C)c3ncc(CC)cc3/C=C\C)c2C)c1C.CCCCCC. The molecule has 0 unspecified atom stereocenters. The number of nitrogens with one attached hydrogen (secondary N) is 1. The van der Waals surface area contributed by atoms with Crippen LogP contribution in [0.4, 0.5) is 5.69 Å². The first kappa shape index (κ1) is 47.2. The maximum Gasteiger partial charge on any atom is 0.0994 e. The van der Waals surface area contributed by atoms with Gasteiger partial charge in [0.2, 0.25) is 0 Å². The highest BCUT2D eigenvalue weighted by atomic mass is 14.9. The summed E-state index contributed by atoms with van der Waals surface area (Å²) in [6, 6.07) is 21.5. The molecular formula is C53H71N3. The van der Waals surface area contributed by atoms with E-state index < -0.39 is 0 Å². The van der Waals surface area contributed by atoms with Gasteiger partial charge < -0.3 is 5.32 Å². The Labute approximate surface area is 342 Å². The van der Waals surface area contributed by atoms with E-state index in [1.54, 1.807) is 0 Å². The second-order valence-electron chi connectivity index (χ2n) is 14.9. The van der Waals surface area contributed by atoms with Crippen molar-refractivity contribution in [1.82, 2.24) is 4.98 Å². The van der Waals surface area contributed by atoms with Crippen molar-refractivity contribution >= 4 is 23.0 Å². The molecule has 0 aliphatic carbocycles. The molecule has 1 aromatic heterocycles. The number of anilines is 1. The third kappa shape index (κ3) is 13.4. The average molecular weight is 750 g/mol. The molecule has 0 amide bonds. The summed E-state index contributed by atoms with van der Waals surface area (Å²) in [5, 5.41) is 13.4. The Morgan fingerprint density at radius 1 is 0.821 bits per heavy atom. The van der Waals surface area contributed by atoms with Gasteiger partial charge in [0, 0.05) is 17.4 Å². The van der Waals surface area contributed by atoms with Gasteiger partial charge in [0.1, 0.15) is 0 Å². The average Bonchev–Trinajstić information content (AvgIpc) is 3.19. The molecule has 0 aliphatic heterocycles. The fraction of sp³-hybridized carbons (Fsp3) is 0.396. The molecule has 0 saturated heterocycles. The molecule has 56 heavy (non-hydrogen) atoms. The van der Waals surface area contributed by atoms with Gasteiger partial charge in [-0.15, -0.1) is 0 Å². The molecule has 0 radical (unpaired) electrons. The van der Waals surface area contributed by atoms with Crippen LogP contribution >= 0.6 is 0 Å². The molecule has 3 heteroatoms. The largest absolute Gasteiger partial charge is 0.354 e. The Morgan fingerprint density at radius 3 is 1.95 bits per heavy atom. The Hall–Kier alpha value is -4.94. The minimum absolute atomic E-state index is 0.641. The summed E-state index contributed by atoms with van der Waals surface area (Å²) < 4.78 is 0. The third-order valence-corrected chi connectivity index (χ3v) is 10.7. The number of hydrogen-bond donors (Lipinski definition) is 1. The maximum atomic E-state index is 9.85. The van der Waals surface area contributed by atoms with Crippen LogP contribution in [0.5, 0.6) is 0 Å². The van der Waals surface area contributed by atoms with E-state index in [2.05, 4.69) is 155 Å². The van der Waals surface area contributed by atoms with Crippen LogP contribution < -0.4 is 5.32 Å². The van der Waals surface area contributed by atoms with Gasteiger partial charge >= 0.3 is 0 Å². The predicted molar refractivity (Wildman–Crippen MR) is 249 cm³/mol. The maximum absolute atomic E-state index is 9.85. The van der Waals surface area contributed by atoms with Crippen LogP contribution in [0, 0.1) is 38.0 Å². The fourth-order valence-electron chi connectivity index (χ4n) is 7.10. The number of rotatable bonds is 16. The Bertz CT molecular complexity index is 1980. The van der Waals surface area contributed by atoms with Crippen LogP contribution in [0.15, 0.2) is 92.2 Å². The Morgan fingerprint density at radius 2 is 1.43 bits per heavy atom. The van der Waals surface area contributed by atoms with Gasteiger partial charge in [-0.05, 0) is 146 Å². The highest BCUT2D eigenvalue weighted by Crippen LogP contribution is 2.36. The summed E-state index contributed by atoms with van der Waals surface area (Å²) >= 11 is 0. The fourth-order valence-corrected chi connectivity index (χ4v) is 7.10. The molecule has 298 valence electrons. The molecule has 0 saturated carbocycles. The van der Waals surface area contributed by atoms with Crippen molar-refractivity contribution in [1.29, 1.82) is 5.26 Å². The first-order valence-corrected chi connectivity index (χ1v) is 21.0. The summed E-state index contributed by atoms with van der Waals surface area (Å²) in [6.07, 6.45) is 16.6. The minimum atomic E-state index is 0.641. The molecule has 0 atom stereocenters. The molecule has 0 aliphatic rings. The summed E-state index contributed by atoms with van der Waals surface area (Å²) in [6.45, 7) is 36.4. The Kier molecular flexibility index (Phi) is 20.7. The van der Waals surface area contributed by atoms with Crippen molar-refractivity contribution in [3.05, 3.63) is 148 Å². The second kappa shape index (κ2) is 24.5. The number of nitrogens with zero attached hydrogens (tertiary/aromatic N) is 2. The smallest absolute Gasteiger partial charge is 0.0994 e. The number of unbranched alkanes of at least 4 members (excludes halogenated alkanes) is 3. The lowest BCUT2D eigenvalue weighted by Gasteiger charge is -2.19. The normalized spacial score (nSPS) is 10.6. The van der Waals surface area contributed by atoms with Crippen LogP contribution in [-0.2, 0) is 19.3 Å². The lowest BCUT2D eigenvalue weighted by atomic mass is 9.87. The lowest BCUT2D eigenvalue weighted by molar-refractivity contribution is 0.574. The molecule has 4 rings (SSSR count). The minimum Gasteiger partial charge on any atom is -0.354 e. The number of aromatic nitrogens is 1. The Balaban J connectivity index is 0.000000657. The second-order valence-corrected chi connectivity index (χ2v) is 14.9. The van der Waals surface area contributed by atoms with E-state index in [1.807, 2.05) is 25.3 Å². The summed E-state index contributed by atoms with van der Waals surface area (Å²) in [4.78, 5) is 4.74. The number of allylic oxidation sites excluding steroid dienone is 3. The number of hydrogen-bond acceptors (Lipinski definition) is 3. The molecule has 4 aromatic rings. The molecular weight excluding hydrogens is 679 g/mol. The van der Waals surface area contributed by atoms with E-state index in [9.17, 15) is 5.26 Å². The first-order chi connectivity index (χ1) is 26.8. The van der Waals surface area contributed by atoms with Gasteiger partial charge in [0.05, 0.1) is 23.0 Å². The number of aryl methyl sites for hydroxylation is 3. The predicted octanol–water partition coefficient (Wildman–Crippen LogP) is 15.6. The summed E-state index contributed by atoms with van der Waals surface area (Å²) in [7, 11) is 0. The van der Waals surface area contributed by atoms with Crippen molar-refractivity contribution in [2.45, 2.75) is 134 Å². The van der Waals surface area contributed by atoms with Gasteiger partial charge in [0.25, 0.3) is 0 Å². The van der Waals surface area contributed by atoms with E-state index in [-0.39, 0.29) is 0 Å². The lowest BCUT2D eigenvalue weighted by Crippen LogP contribution is -2.05. The van der Waals surface area contributed by atoms with E-state index in [0.29, 0.717) is 6.42 Å². The number of benzene rings is 3. The first-order valence-electron chi connectivity index (χ1n) is 21.0. The molecule has 3 nitrogen and oxygen atoms in total. The molecule has 3 aromatic carbocycles. The van der Waals surface area contributed by atoms with Crippen LogP contribution in [0.3, 0.4) is 0 Å². The molecule has 1 N–H and O–H groups in total. The third-order valence-electron chi connectivity index (χ3n) is 10.7. The zero-order valence-electron chi connectivity index (χ0n) is 36.9. The highest BCUT2D eigenvalue weighted by molar-refractivity contribution is 5.85. The van der Waals surface area contributed by atoms with Gasteiger partial charge in [-0.1, -0.05) is 141 Å². The van der Waals surface area contributed by atoms with Gasteiger partial charge in [-0.3, -0.25) is 4.98 Å². The topological polar surface area (TPSA) is 48.7 Å². The quantitative estimate of drug-likeness (QED) is 0.0916. The van der Waals surface area contributed by atoms with Gasteiger partial charge in [-0.25, -0.2) is 0 Å². The van der Waals surface area contributed by atoms with Gasteiger partial charge in [-0.2, -0.15) is 5.26 Å². The molecule has 1 heterocycles. The van der Waals surface area contributed by atoms with E-state index in [4.69, 9.17) is 4.98 Å². The van der Waals surface area contributed by atoms with Crippen molar-refractivity contribution in [3.8, 4) is 17.2 Å². The van der Waals surface area contributed by atoms with E-state index in [1.165, 1.54) is 66.4 Å². The number of nitriles is 1. The van der Waals surface area contributed by atoms with Crippen LogP contribution in [0.25, 0.3) is 28.5 Å². The van der Waals surface area contributed by atoms with Crippen LogP contribution in [0.1, 0.15) is 150 Å². The van der Waals surface area contributed by atoms with Crippen molar-refractivity contribution in [3.63, 3.8) is 0 Å². The highest BCUT2D eigenvalue weighted by Gasteiger charge is 2.16. The van der Waals surface area contributed by atoms with E-state index in [0.717, 1.165) is 80.4 Å². The van der Waals surface area contributed by atoms with Gasteiger partial charge in [0.15, 0.2) is 0 Å². The van der Waals surface area contributed by atoms with E-state index >= 15 is 0 Å². The molecule has 0 fully saturated rings. The van der Waals surface area contributed by atoms with Crippen molar-refractivity contribution in [2.24, 2.45) is 5.92 Å². The standard InChI is InChI=1S/C39H41N3.C8H16.C6H14/c1-9-14-32-22-31(11-3)24-41-39(32)29(8)42-38-18-13-17-36(28(38)7)35-16-12-15-34(27(35)6)26(5)20-37-25(4)19-30(10-2)21-33(37)23-40;1-5-8(6-2)7(3)4;1-3-5-6-4-2/h9,12-19,21-22,24,42H,5,8,10-11,20H2,1-4,6-7H3;8H,3,5-6H2,1-2,4H3;3-6H2,1-2H3/b14-9-;;. The zero-order chi connectivity index (χ0) is 41.8.